The third-order valence-electron chi connectivity index (χ3n) is 15.1. The molecule has 4 fully saturated rings. The van der Waals surface area contributed by atoms with E-state index < -0.39 is 29.9 Å². The van der Waals surface area contributed by atoms with Crippen LogP contribution in [0.5, 0.6) is 0 Å². The van der Waals surface area contributed by atoms with Crippen molar-refractivity contribution < 1.29 is 38.9 Å². The minimum atomic E-state index is -1.08. The van der Waals surface area contributed by atoms with Crippen LogP contribution in [0.1, 0.15) is 138 Å². The molecule has 0 aromatic carbocycles. The molecule has 0 heterocycles. The van der Waals surface area contributed by atoms with Crippen LogP contribution in [0.25, 0.3) is 0 Å². The molecule has 10 heteroatoms. The topological polar surface area (TPSA) is 159 Å². The molecule has 50 heavy (non-hydrogen) atoms. The first kappa shape index (κ1) is 38.3. The minimum absolute atomic E-state index is 0.0434. The third kappa shape index (κ3) is 6.62. The van der Waals surface area contributed by atoms with Crippen LogP contribution in [-0.4, -0.2) is 59.1 Å². The standard InChI is InChI=1S/C40H62N2O8/c1-35(2)18-20-40(34(49)41-22-8-9-30(43)42-24-32(46)47)21-19-38(6)25(26(40)23-35)10-11-28-37(5)16-15-29(50-33(48)13-12-31(44)45)36(3,4)27(37)14-17-39(28,38)7/h10,26-29H,8-9,11-24H2,1-7H3,(H,41,49)(H,42,43)(H,44,45)(H,46,47)/t26?,27?,28?,29-,37-,38+,39+,40-/m0/s1. The largest absolute Gasteiger partial charge is 0.481 e. The summed E-state index contributed by atoms with van der Waals surface area (Å²) in [4.78, 5) is 60.8. The van der Waals surface area contributed by atoms with E-state index in [0.29, 0.717) is 24.8 Å². The molecule has 0 aliphatic heterocycles. The lowest BCUT2D eigenvalue weighted by Crippen LogP contribution is -2.65. The van der Waals surface area contributed by atoms with Gasteiger partial charge in [-0.15, -0.1) is 0 Å². The fraction of sp³-hybridized carbons (Fsp3) is 0.825. The van der Waals surface area contributed by atoms with Crippen LogP contribution >= 0.6 is 0 Å². The van der Waals surface area contributed by atoms with E-state index in [-0.39, 0.29) is 70.2 Å². The molecule has 5 aliphatic rings. The van der Waals surface area contributed by atoms with Crippen molar-refractivity contribution in [1.29, 1.82) is 0 Å². The van der Waals surface area contributed by atoms with Crippen LogP contribution in [0.2, 0.25) is 0 Å². The van der Waals surface area contributed by atoms with E-state index in [9.17, 15) is 24.0 Å². The smallest absolute Gasteiger partial charge is 0.322 e. The molecule has 0 bridgehead atoms. The number of hydrogen-bond acceptors (Lipinski definition) is 6. The van der Waals surface area contributed by atoms with Crippen LogP contribution in [-0.2, 0) is 28.7 Å². The lowest BCUT2D eigenvalue weighted by atomic mass is 9.33. The van der Waals surface area contributed by atoms with Gasteiger partial charge in [-0.25, -0.2) is 0 Å². The molecule has 5 aliphatic carbocycles. The molecule has 2 amide bonds. The zero-order valence-electron chi connectivity index (χ0n) is 31.5. The van der Waals surface area contributed by atoms with Crippen molar-refractivity contribution >= 4 is 29.7 Å². The zero-order valence-corrected chi connectivity index (χ0v) is 31.5. The van der Waals surface area contributed by atoms with E-state index >= 15 is 0 Å². The van der Waals surface area contributed by atoms with Crippen molar-refractivity contribution in [2.24, 2.45) is 50.2 Å². The Morgan fingerprint density at radius 1 is 0.800 bits per heavy atom. The van der Waals surface area contributed by atoms with Gasteiger partial charge >= 0.3 is 17.9 Å². The molecule has 10 nitrogen and oxygen atoms in total. The maximum absolute atomic E-state index is 14.3. The number of fused-ring (bicyclic) bond motifs is 7. The third-order valence-corrected chi connectivity index (χ3v) is 15.1. The molecular formula is C40H62N2O8. The molecule has 3 unspecified atom stereocenters. The number of allylic oxidation sites excluding steroid dienone is 2. The van der Waals surface area contributed by atoms with Gasteiger partial charge in [0.25, 0.3) is 0 Å². The molecule has 4 saturated carbocycles. The Hall–Kier alpha value is -2.91. The second-order valence-corrected chi connectivity index (χ2v) is 18.6. The van der Waals surface area contributed by atoms with Crippen LogP contribution in [0.15, 0.2) is 11.6 Å². The highest BCUT2D eigenvalue weighted by atomic mass is 16.5. The SMILES string of the molecule is CC1(C)CC[C@]2(C(=O)NCCCC(=O)NCC(=O)O)CC[C@]3(C)C(=CCC4[C@@]5(C)CC[C@H](OC(=O)CCC(=O)O)C(C)(C)C5CC[C@]43C)C2C1. The van der Waals surface area contributed by atoms with Crippen molar-refractivity contribution in [2.75, 3.05) is 13.1 Å². The average Bonchev–Trinajstić information content (AvgIpc) is 3.02. The Morgan fingerprint density at radius 3 is 2.18 bits per heavy atom. The summed E-state index contributed by atoms with van der Waals surface area (Å²) in [6, 6.07) is 0. The summed E-state index contributed by atoms with van der Waals surface area (Å²) in [5.41, 5.74) is 0.973. The van der Waals surface area contributed by atoms with Gasteiger partial charge in [0.2, 0.25) is 11.8 Å². The van der Waals surface area contributed by atoms with Gasteiger partial charge in [0.05, 0.1) is 18.3 Å². The highest BCUT2D eigenvalue weighted by molar-refractivity contribution is 5.84. The van der Waals surface area contributed by atoms with Gasteiger partial charge < -0.3 is 25.6 Å². The monoisotopic (exact) mass is 698 g/mol. The highest BCUT2D eigenvalue weighted by Crippen LogP contribution is 2.75. The molecule has 280 valence electrons. The van der Waals surface area contributed by atoms with E-state index in [1.165, 1.54) is 5.57 Å². The Morgan fingerprint density at radius 2 is 1.50 bits per heavy atom. The number of carboxylic acid groups (broad SMARTS) is 2. The molecule has 0 aromatic rings. The van der Waals surface area contributed by atoms with E-state index in [2.05, 4.69) is 65.2 Å². The number of esters is 1. The van der Waals surface area contributed by atoms with Gasteiger partial charge in [-0.05, 0) is 110 Å². The van der Waals surface area contributed by atoms with Gasteiger partial charge in [0.1, 0.15) is 12.6 Å². The molecule has 0 saturated heterocycles. The van der Waals surface area contributed by atoms with E-state index in [0.717, 1.165) is 64.2 Å². The number of carboxylic acids is 2. The van der Waals surface area contributed by atoms with Crippen molar-refractivity contribution in [1.82, 2.24) is 10.6 Å². The van der Waals surface area contributed by atoms with Crippen LogP contribution < -0.4 is 10.6 Å². The summed E-state index contributed by atoms with van der Waals surface area (Å²) in [5.74, 6) is -1.72. The van der Waals surface area contributed by atoms with Crippen molar-refractivity contribution in [3.05, 3.63) is 11.6 Å². The highest BCUT2D eigenvalue weighted by Gasteiger charge is 2.69. The maximum atomic E-state index is 14.3. The number of nitrogens with one attached hydrogen (secondary N) is 2. The average molecular weight is 699 g/mol. The quantitative estimate of drug-likeness (QED) is 0.106. The Labute approximate surface area is 298 Å². The molecule has 5 rings (SSSR count). The first-order chi connectivity index (χ1) is 23.2. The molecule has 0 radical (unpaired) electrons. The summed E-state index contributed by atoms with van der Waals surface area (Å²) in [6.07, 6.45) is 12.1. The number of hydrogen-bond donors (Lipinski definition) is 4. The summed E-state index contributed by atoms with van der Waals surface area (Å²) in [7, 11) is 0. The van der Waals surface area contributed by atoms with Crippen molar-refractivity contribution in [3.8, 4) is 0 Å². The van der Waals surface area contributed by atoms with Crippen molar-refractivity contribution in [2.45, 2.75) is 144 Å². The maximum Gasteiger partial charge on any atom is 0.322 e. The number of rotatable bonds is 11. The predicted molar refractivity (Wildman–Crippen MR) is 189 cm³/mol. The lowest BCUT2D eigenvalue weighted by Gasteiger charge is -2.71. The number of ether oxygens (including phenoxy) is 1. The van der Waals surface area contributed by atoms with Crippen LogP contribution in [0, 0.1) is 50.2 Å². The molecular weight excluding hydrogens is 636 g/mol. The Balaban J connectivity index is 1.36. The van der Waals surface area contributed by atoms with Gasteiger partial charge in [0.15, 0.2) is 0 Å². The van der Waals surface area contributed by atoms with Crippen molar-refractivity contribution in [3.63, 3.8) is 0 Å². The first-order valence-corrected chi connectivity index (χ1v) is 19.1. The Kier molecular flexibility index (Phi) is 10.4. The van der Waals surface area contributed by atoms with Gasteiger partial charge in [-0.2, -0.15) is 0 Å². The van der Waals surface area contributed by atoms with E-state index in [1.807, 2.05) is 0 Å². The fourth-order valence-electron chi connectivity index (χ4n) is 12.2. The summed E-state index contributed by atoms with van der Waals surface area (Å²) < 4.78 is 6.00. The summed E-state index contributed by atoms with van der Waals surface area (Å²) in [5, 5.41) is 23.5. The number of carbonyl (C=O) groups is 5. The number of carbonyl (C=O) groups excluding carboxylic acids is 3. The van der Waals surface area contributed by atoms with Crippen LogP contribution in [0.3, 0.4) is 0 Å². The normalized spacial score (nSPS) is 38.1. The second kappa shape index (κ2) is 13.6. The molecule has 0 aromatic heterocycles. The summed E-state index contributed by atoms with van der Waals surface area (Å²) >= 11 is 0. The Bertz CT molecular complexity index is 1420. The minimum Gasteiger partial charge on any atom is -0.481 e. The second-order valence-electron chi connectivity index (χ2n) is 18.6. The number of aliphatic carboxylic acids is 2. The zero-order chi connectivity index (χ0) is 36.9. The van der Waals surface area contributed by atoms with E-state index in [1.54, 1.807) is 0 Å². The van der Waals surface area contributed by atoms with E-state index in [4.69, 9.17) is 14.9 Å². The fourth-order valence-corrected chi connectivity index (χ4v) is 12.2. The molecule has 8 atom stereocenters. The molecule has 4 N–H and O–H groups in total. The molecule has 0 spiro atoms. The lowest BCUT2D eigenvalue weighted by molar-refractivity contribution is -0.213. The van der Waals surface area contributed by atoms with Gasteiger partial charge in [0, 0.05) is 18.4 Å². The van der Waals surface area contributed by atoms with Gasteiger partial charge in [-0.1, -0.05) is 60.1 Å². The number of amides is 2. The van der Waals surface area contributed by atoms with Gasteiger partial charge in [-0.3, -0.25) is 24.0 Å². The predicted octanol–water partition coefficient (Wildman–Crippen LogP) is 6.66. The van der Waals surface area contributed by atoms with Crippen LogP contribution in [0.4, 0.5) is 0 Å². The summed E-state index contributed by atoms with van der Waals surface area (Å²) in [6.45, 7) is 16.7. The first-order valence-electron chi connectivity index (χ1n) is 19.1.